The lowest BCUT2D eigenvalue weighted by atomic mass is 10.1. The van der Waals surface area contributed by atoms with Crippen LogP contribution in [0.5, 0.6) is 0 Å². The number of allylic oxidation sites excluding steroid dienone is 1. The summed E-state index contributed by atoms with van der Waals surface area (Å²) in [6.07, 6.45) is 3.96. The average molecular weight is 311 g/mol. The van der Waals surface area contributed by atoms with Gasteiger partial charge in [-0.2, -0.15) is 0 Å². The topological polar surface area (TPSA) is 12.0 Å². The van der Waals surface area contributed by atoms with Crippen molar-refractivity contribution in [2.75, 3.05) is 17.7 Å². The van der Waals surface area contributed by atoms with E-state index in [0.29, 0.717) is 5.88 Å². The Bertz CT molecular complexity index is 537. The summed E-state index contributed by atoms with van der Waals surface area (Å²) >= 11 is 9.03. The number of halogens is 2. The zero-order chi connectivity index (χ0) is 12.1. The Morgan fingerprint density at radius 2 is 1.82 bits per heavy atom. The highest BCUT2D eigenvalue weighted by Gasteiger charge is 1.96. The lowest BCUT2D eigenvalue weighted by Gasteiger charge is -2.05. The number of alkyl halides is 1. The first-order chi connectivity index (χ1) is 8.29. The molecule has 0 radical (unpaired) electrons. The first kappa shape index (κ1) is 12.5. The molecule has 0 spiro atoms. The van der Waals surface area contributed by atoms with Crippen molar-refractivity contribution < 1.29 is 0 Å². The van der Waals surface area contributed by atoms with Crippen LogP contribution in [-0.4, -0.2) is 12.4 Å². The Balaban J connectivity index is 2.14. The van der Waals surface area contributed by atoms with Crippen LogP contribution in [0.25, 0.3) is 10.8 Å². The molecular weight excluding hydrogens is 298 g/mol. The number of anilines is 1. The molecular formula is C14H13BrClN. The van der Waals surface area contributed by atoms with E-state index in [4.69, 9.17) is 11.6 Å². The minimum Gasteiger partial charge on any atom is -0.382 e. The van der Waals surface area contributed by atoms with Gasteiger partial charge < -0.3 is 5.32 Å². The summed E-state index contributed by atoms with van der Waals surface area (Å²) in [6, 6.07) is 12.6. The second-order valence-corrected chi connectivity index (χ2v) is 4.94. The third-order valence-corrected chi connectivity index (χ3v) is 3.15. The van der Waals surface area contributed by atoms with Crippen LogP contribution in [-0.2, 0) is 0 Å². The van der Waals surface area contributed by atoms with E-state index in [0.717, 1.165) is 16.7 Å². The summed E-state index contributed by atoms with van der Waals surface area (Å²) < 4.78 is 1.11. The molecule has 3 heteroatoms. The van der Waals surface area contributed by atoms with Crippen LogP contribution < -0.4 is 5.32 Å². The molecule has 0 saturated heterocycles. The van der Waals surface area contributed by atoms with E-state index in [1.54, 1.807) is 0 Å². The minimum absolute atomic E-state index is 0.563. The summed E-state index contributed by atoms with van der Waals surface area (Å²) in [7, 11) is 0. The van der Waals surface area contributed by atoms with Gasteiger partial charge in [-0.3, -0.25) is 0 Å². The van der Waals surface area contributed by atoms with Gasteiger partial charge >= 0.3 is 0 Å². The van der Waals surface area contributed by atoms with Crippen LogP contribution in [0.1, 0.15) is 0 Å². The summed E-state index contributed by atoms with van der Waals surface area (Å²) in [6.45, 7) is 0.800. The van der Waals surface area contributed by atoms with Gasteiger partial charge in [-0.25, -0.2) is 0 Å². The molecule has 2 rings (SSSR count). The predicted octanol–water partition coefficient (Wildman–Crippen LogP) is 4.81. The van der Waals surface area contributed by atoms with Crippen LogP contribution >= 0.6 is 27.5 Å². The maximum absolute atomic E-state index is 5.56. The molecule has 0 saturated carbocycles. The summed E-state index contributed by atoms with van der Waals surface area (Å²) in [4.78, 5) is 0. The van der Waals surface area contributed by atoms with Crippen molar-refractivity contribution in [3.63, 3.8) is 0 Å². The van der Waals surface area contributed by atoms with Crippen molar-refractivity contribution in [1.82, 2.24) is 0 Å². The number of benzene rings is 2. The Labute approximate surface area is 115 Å². The third kappa shape index (κ3) is 3.48. The molecule has 0 heterocycles. The standard InChI is InChI=1S/C14H13BrClN/c15-13-5-3-12-10-14(6-4-11(12)9-13)17-8-2-1-7-16/h1-6,9-10,17H,7-8H2/b2-1+. The molecule has 0 atom stereocenters. The molecule has 2 aromatic rings. The SMILES string of the molecule is ClC/C=C/CNc1ccc2cc(Br)ccc2c1. The molecule has 0 amide bonds. The average Bonchev–Trinajstić information content (AvgIpc) is 2.35. The first-order valence-electron chi connectivity index (χ1n) is 5.44. The summed E-state index contributed by atoms with van der Waals surface area (Å²) in [5.74, 6) is 0.563. The Morgan fingerprint density at radius 3 is 2.65 bits per heavy atom. The summed E-state index contributed by atoms with van der Waals surface area (Å²) in [5, 5.41) is 5.80. The molecule has 2 aromatic carbocycles. The molecule has 0 aromatic heterocycles. The third-order valence-electron chi connectivity index (χ3n) is 2.48. The van der Waals surface area contributed by atoms with E-state index < -0.39 is 0 Å². The molecule has 0 fully saturated rings. The lowest BCUT2D eigenvalue weighted by molar-refractivity contribution is 1.33. The smallest absolute Gasteiger partial charge is 0.0404 e. The van der Waals surface area contributed by atoms with Crippen molar-refractivity contribution in [2.24, 2.45) is 0 Å². The molecule has 0 aliphatic rings. The fourth-order valence-electron chi connectivity index (χ4n) is 1.65. The fraction of sp³-hybridized carbons (Fsp3) is 0.143. The quantitative estimate of drug-likeness (QED) is 0.631. The first-order valence-corrected chi connectivity index (χ1v) is 6.76. The van der Waals surface area contributed by atoms with Crippen molar-refractivity contribution in [1.29, 1.82) is 0 Å². The molecule has 1 nitrogen and oxygen atoms in total. The molecule has 0 unspecified atom stereocenters. The van der Waals surface area contributed by atoms with Gasteiger partial charge in [-0.05, 0) is 35.0 Å². The van der Waals surface area contributed by atoms with Gasteiger partial charge in [0.15, 0.2) is 0 Å². The van der Waals surface area contributed by atoms with E-state index in [1.807, 2.05) is 12.2 Å². The predicted molar refractivity (Wildman–Crippen MR) is 80.0 cm³/mol. The normalized spacial score (nSPS) is 11.2. The van der Waals surface area contributed by atoms with E-state index >= 15 is 0 Å². The molecule has 88 valence electrons. The Hall–Kier alpha value is -0.990. The lowest BCUT2D eigenvalue weighted by Crippen LogP contribution is -1.97. The maximum atomic E-state index is 5.56. The van der Waals surface area contributed by atoms with Crippen molar-refractivity contribution in [3.05, 3.63) is 53.0 Å². The molecule has 0 bridgehead atoms. The number of nitrogens with one attached hydrogen (secondary N) is 1. The van der Waals surface area contributed by atoms with Crippen LogP contribution in [0.15, 0.2) is 53.0 Å². The van der Waals surface area contributed by atoms with Crippen molar-refractivity contribution in [3.8, 4) is 0 Å². The highest BCUT2D eigenvalue weighted by atomic mass is 79.9. The highest BCUT2D eigenvalue weighted by Crippen LogP contribution is 2.22. The number of fused-ring (bicyclic) bond motifs is 1. The minimum atomic E-state index is 0.563. The van der Waals surface area contributed by atoms with E-state index in [2.05, 4.69) is 57.6 Å². The number of hydrogen-bond donors (Lipinski definition) is 1. The van der Waals surface area contributed by atoms with Crippen LogP contribution in [0.4, 0.5) is 5.69 Å². The Kier molecular flexibility index (Phi) is 4.46. The van der Waals surface area contributed by atoms with Crippen molar-refractivity contribution in [2.45, 2.75) is 0 Å². The Morgan fingerprint density at radius 1 is 1.06 bits per heavy atom. The molecule has 0 aliphatic carbocycles. The highest BCUT2D eigenvalue weighted by molar-refractivity contribution is 9.10. The van der Waals surface area contributed by atoms with Gasteiger partial charge in [-0.1, -0.05) is 40.2 Å². The van der Waals surface area contributed by atoms with E-state index in [-0.39, 0.29) is 0 Å². The van der Waals surface area contributed by atoms with Gasteiger partial charge in [0.05, 0.1) is 0 Å². The van der Waals surface area contributed by atoms with Crippen LogP contribution in [0.3, 0.4) is 0 Å². The van der Waals surface area contributed by atoms with Crippen LogP contribution in [0.2, 0.25) is 0 Å². The number of rotatable bonds is 4. The van der Waals surface area contributed by atoms with Gasteiger partial charge in [-0.15, -0.1) is 11.6 Å². The van der Waals surface area contributed by atoms with Gasteiger partial charge in [0, 0.05) is 22.6 Å². The van der Waals surface area contributed by atoms with Gasteiger partial charge in [0.1, 0.15) is 0 Å². The number of hydrogen-bond acceptors (Lipinski definition) is 1. The van der Waals surface area contributed by atoms with Gasteiger partial charge in [0.2, 0.25) is 0 Å². The molecule has 1 N–H and O–H groups in total. The van der Waals surface area contributed by atoms with Crippen LogP contribution in [0, 0.1) is 0 Å². The summed E-state index contributed by atoms with van der Waals surface area (Å²) in [5.41, 5.74) is 1.12. The molecule has 17 heavy (non-hydrogen) atoms. The maximum Gasteiger partial charge on any atom is 0.0404 e. The second kappa shape index (κ2) is 6.08. The van der Waals surface area contributed by atoms with E-state index in [9.17, 15) is 0 Å². The van der Waals surface area contributed by atoms with E-state index in [1.165, 1.54) is 10.8 Å². The largest absolute Gasteiger partial charge is 0.382 e. The fourth-order valence-corrected chi connectivity index (χ4v) is 2.15. The molecule has 0 aliphatic heterocycles. The second-order valence-electron chi connectivity index (χ2n) is 3.71. The van der Waals surface area contributed by atoms with Gasteiger partial charge in [0.25, 0.3) is 0 Å². The van der Waals surface area contributed by atoms with Crippen molar-refractivity contribution >= 4 is 44.0 Å². The monoisotopic (exact) mass is 309 g/mol. The zero-order valence-corrected chi connectivity index (χ0v) is 11.6. The zero-order valence-electron chi connectivity index (χ0n) is 9.29.